The number of nitrogens with one attached hydrogen (secondary N) is 1. The average Bonchev–Trinajstić information content (AvgIpc) is 3.35. The van der Waals surface area contributed by atoms with Crippen LogP contribution in [-0.2, 0) is 16.1 Å². The predicted molar refractivity (Wildman–Crippen MR) is 159 cm³/mol. The minimum atomic E-state index is -0.494. The van der Waals surface area contributed by atoms with Crippen molar-refractivity contribution in [2.45, 2.75) is 45.6 Å². The molecule has 0 radical (unpaired) electrons. The number of carbonyl (C=O) groups excluding carboxylic acids is 2. The van der Waals surface area contributed by atoms with Crippen molar-refractivity contribution in [2.75, 3.05) is 17.7 Å². The molecule has 0 aliphatic carbocycles. The molecule has 0 spiro atoms. The number of rotatable bonds is 12. The molecule has 1 N–H and O–H groups in total. The molecular formula is C30H31ClN4O5S. The van der Waals surface area contributed by atoms with Gasteiger partial charge in [0.2, 0.25) is 5.91 Å². The summed E-state index contributed by atoms with van der Waals surface area (Å²) in [5.41, 5.74) is 2.50. The van der Waals surface area contributed by atoms with Gasteiger partial charge in [0.25, 0.3) is 0 Å². The molecule has 0 aliphatic rings. The molecule has 214 valence electrons. The smallest absolute Gasteiger partial charge is 0.338 e. The summed E-state index contributed by atoms with van der Waals surface area (Å²) in [4.78, 5) is 25.2. The van der Waals surface area contributed by atoms with E-state index >= 15 is 0 Å². The lowest BCUT2D eigenvalue weighted by Crippen LogP contribution is -2.16. The number of esters is 1. The van der Waals surface area contributed by atoms with Gasteiger partial charge < -0.3 is 19.5 Å². The van der Waals surface area contributed by atoms with Crippen LogP contribution < -0.4 is 14.8 Å². The highest BCUT2D eigenvalue weighted by Gasteiger charge is 2.18. The van der Waals surface area contributed by atoms with Crippen LogP contribution in [0, 0.1) is 6.92 Å². The van der Waals surface area contributed by atoms with E-state index in [-0.39, 0.29) is 24.4 Å². The zero-order chi connectivity index (χ0) is 29.4. The number of hydrogen-bond donors (Lipinski definition) is 1. The number of carbonyl (C=O) groups is 2. The Labute approximate surface area is 248 Å². The van der Waals surface area contributed by atoms with Gasteiger partial charge in [0.05, 0.1) is 34.7 Å². The molecule has 11 heteroatoms. The molecule has 1 aromatic heterocycles. The highest BCUT2D eigenvalue weighted by molar-refractivity contribution is 7.99. The lowest BCUT2D eigenvalue weighted by atomic mass is 10.2. The zero-order valence-corrected chi connectivity index (χ0v) is 24.8. The van der Waals surface area contributed by atoms with Crippen LogP contribution in [-0.4, -0.2) is 45.1 Å². The molecule has 4 aromatic rings. The summed E-state index contributed by atoms with van der Waals surface area (Å²) < 4.78 is 18.9. The van der Waals surface area contributed by atoms with Gasteiger partial charge in [-0.15, -0.1) is 10.2 Å². The second kappa shape index (κ2) is 14.0. The Morgan fingerprint density at radius 3 is 2.51 bits per heavy atom. The molecule has 41 heavy (non-hydrogen) atoms. The number of halogens is 1. The van der Waals surface area contributed by atoms with Gasteiger partial charge in [-0.2, -0.15) is 0 Å². The van der Waals surface area contributed by atoms with E-state index in [1.54, 1.807) is 26.0 Å². The first-order chi connectivity index (χ1) is 19.7. The third-order valence-electron chi connectivity index (χ3n) is 5.62. The standard InChI is InChI=1S/C30H31ClN4O5S/c1-5-38-26-15-20(4)11-14-25(26)39-17-27-33-34-30(35(27)22-9-7-6-8-10-22)41-18-28(36)32-24-16-21(12-13-23(24)31)29(37)40-19(2)3/h6-16,19H,5,17-18H2,1-4H3,(H,32,36). The number of thioether (sulfide) groups is 1. The lowest BCUT2D eigenvalue weighted by Gasteiger charge is -2.14. The van der Waals surface area contributed by atoms with Gasteiger partial charge in [-0.05, 0) is 75.7 Å². The monoisotopic (exact) mass is 594 g/mol. The van der Waals surface area contributed by atoms with E-state index in [1.807, 2.05) is 66.9 Å². The number of aromatic nitrogens is 3. The fourth-order valence-corrected chi connectivity index (χ4v) is 4.75. The molecule has 9 nitrogen and oxygen atoms in total. The zero-order valence-electron chi connectivity index (χ0n) is 23.2. The lowest BCUT2D eigenvalue weighted by molar-refractivity contribution is -0.113. The van der Waals surface area contributed by atoms with Gasteiger partial charge in [0.1, 0.15) is 6.61 Å². The molecule has 4 rings (SSSR count). The van der Waals surface area contributed by atoms with Gasteiger partial charge in [0.15, 0.2) is 22.5 Å². The molecule has 3 aromatic carbocycles. The first kappa shape index (κ1) is 30.0. The predicted octanol–water partition coefficient (Wildman–Crippen LogP) is 6.50. The highest BCUT2D eigenvalue weighted by atomic mass is 35.5. The number of nitrogens with zero attached hydrogens (tertiary/aromatic N) is 3. The topological polar surface area (TPSA) is 105 Å². The Hall–Kier alpha value is -4.02. The van der Waals surface area contributed by atoms with Crippen molar-refractivity contribution in [3.05, 3.63) is 88.7 Å². The Kier molecular flexibility index (Phi) is 10.3. The van der Waals surface area contributed by atoms with Crippen molar-refractivity contribution in [3.8, 4) is 17.2 Å². The Morgan fingerprint density at radius 1 is 1.00 bits per heavy atom. The number of amides is 1. The number of hydrogen-bond acceptors (Lipinski definition) is 8. The second-order valence-electron chi connectivity index (χ2n) is 9.23. The summed E-state index contributed by atoms with van der Waals surface area (Å²) in [6, 6.07) is 19.9. The van der Waals surface area contributed by atoms with Crippen molar-refractivity contribution >= 4 is 40.9 Å². The van der Waals surface area contributed by atoms with Crippen LogP contribution in [0.4, 0.5) is 5.69 Å². The molecule has 0 atom stereocenters. The first-order valence-electron chi connectivity index (χ1n) is 13.0. The molecule has 0 bridgehead atoms. The molecule has 0 fully saturated rings. The molecule has 0 unspecified atom stereocenters. The summed E-state index contributed by atoms with van der Waals surface area (Å²) in [6.07, 6.45) is -0.270. The molecular weight excluding hydrogens is 564 g/mol. The van der Waals surface area contributed by atoms with E-state index in [1.165, 1.54) is 17.8 Å². The average molecular weight is 595 g/mol. The third kappa shape index (κ3) is 8.02. The van der Waals surface area contributed by atoms with Crippen molar-refractivity contribution in [1.29, 1.82) is 0 Å². The highest BCUT2D eigenvalue weighted by Crippen LogP contribution is 2.30. The molecule has 1 amide bonds. The minimum Gasteiger partial charge on any atom is -0.490 e. The van der Waals surface area contributed by atoms with Crippen molar-refractivity contribution in [3.63, 3.8) is 0 Å². The van der Waals surface area contributed by atoms with E-state index in [0.29, 0.717) is 45.4 Å². The van der Waals surface area contributed by atoms with E-state index in [0.717, 1.165) is 11.3 Å². The Morgan fingerprint density at radius 2 is 1.78 bits per heavy atom. The quantitative estimate of drug-likeness (QED) is 0.146. The maximum atomic E-state index is 12.9. The van der Waals surface area contributed by atoms with Gasteiger partial charge in [-0.1, -0.05) is 47.6 Å². The van der Waals surface area contributed by atoms with Crippen LogP contribution in [0.15, 0.2) is 71.9 Å². The molecule has 0 aliphatic heterocycles. The van der Waals surface area contributed by atoms with Crippen LogP contribution in [0.25, 0.3) is 5.69 Å². The van der Waals surface area contributed by atoms with E-state index in [9.17, 15) is 9.59 Å². The summed E-state index contributed by atoms with van der Waals surface area (Å²) >= 11 is 7.49. The minimum absolute atomic E-state index is 0.0231. The number of benzene rings is 3. The second-order valence-corrected chi connectivity index (χ2v) is 10.6. The summed E-state index contributed by atoms with van der Waals surface area (Å²) in [6.45, 7) is 8.08. The maximum Gasteiger partial charge on any atom is 0.338 e. The fraction of sp³-hybridized carbons (Fsp3) is 0.267. The van der Waals surface area contributed by atoms with Gasteiger partial charge in [0, 0.05) is 5.69 Å². The van der Waals surface area contributed by atoms with E-state index in [4.69, 9.17) is 25.8 Å². The Bertz CT molecular complexity index is 1510. The van der Waals surface area contributed by atoms with Crippen LogP contribution in [0.2, 0.25) is 5.02 Å². The summed E-state index contributed by atoms with van der Waals surface area (Å²) in [7, 11) is 0. The largest absolute Gasteiger partial charge is 0.490 e. The normalized spacial score (nSPS) is 10.9. The number of anilines is 1. The number of para-hydroxylation sites is 1. The van der Waals surface area contributed by atoms with Crippen LogP contribution >= 0.6 is 23.4 Å². The number of aryl methyl sites for hydroxylation is 1. The van der Waals surface area contributed by atoms with E-state index < -0.39 is 5.97 Å². The van der Waals surface area contributed by atoms with Crippen LogP contribution in [0.5, 0.6) is 11.5 Å². The van der Waals surface area contributed by atoms with Crippen molar-refractivity contribution < 1.29 is 23.8 Å². The molecule has 0 saturated carbocycles. The van der Waals surface area contributed by atoms with E-state index in [2.05, 4.69) is 15.5 Å². The fourth-order valence-electron chi connectivity index (χ4n) is 3.82. The van der Waals surface area contributed by atoms with Crippen molar-refractivity contribution in [2.24, 2.45) is 0 Å². The Balaban J connectivity index is 1.49. The van der Waals surface area contributed by atoms with Crippen molar-refractivity contribution in [1.82, 2.24) is 14.8 Å². The third-order valence-corrected chi connectivity index (χ3v) is 6.88. The number of ether oxygens (including phenoxy) is 3. The molecule has 1 heterocycles. The van der Waals surface area contributed by atoms with Crippen LogP contribution in [0.3, 0.4) is 0 Å². The first-order valence-corrected chi connectivity index (χ1v) is 14.4. The summed E-state index contributed by atoms with van der Waals surface area (Å²) in [5.74, 6) is 1.02. The van der Waals surface area contributed by atoms with Gasteiger partial charge >= 0.3 is 5.97 Å². The maximum absolute atomic E-state index is 12.9. The van der Waals surface area contributed by atoms with Gasteiger partial charge in [-0.25, -0.2) is 4.79 Å². The molecule has 0 saturated heterocycles. The van der Waals surface area contributed by atoms with Gasteiger partial charge in [-0.3, -0.25) is 9.36 Å². The van der Waals surface area contributed by atoms with Crippen LogP contribution in [0.1, 0.15) is 42.5 Å². The summed E-state index contributed by atoms with van der Waals surface area (Å²) in [5, 5.41) is 12.3. The SMILES string of the molecule is CCOc1cc(C)ccc1OCc1nnc(SCC(=O)Nc2cc(C(=O)OC(C)C)ccc2Cl)n1-c1ccccc1.